The maximum Gasteiger partial charge on any atom is 0.332 e. The second-order valence-corrected chi connectivity index (χ2v) is 4.15. The molecule has 9 nitrogen and oxygen atoms in total. The van der Waals surface area contributed by atoms with Crippen molar-refractivity contribution in [1.29, 1.82) is 0 Å². The van der Waals surface area contributed by atoms with Crippen LogP contribution in [0.4, 0.5) is 11.6 Å². The van der Waals surface area contributed by atoms with Crippen LogP contribution in [0.2, 0.25) is 0 Å². The van der Waals surface area contributed by atoms with Gasteiger partial charge in [-0.05, 0) is 22.6 Å². The average molecular weight is 347 g/mol. The Morgan fingerprint density at radius 1 is 1.53 bits per heavy atom. The number of hydrogen-bond acceptors (Lipinski definition) is 7. The number of nitrogens with one attached hydrogen (secondary N) is 1. The van der Waals surface area contributed by atoms with E-state index in [2.05, 4.69) is 20.5 Å². The van der Waals surface area contributed by atoms with Crippen LogP contribution in [0, 0.1) is 13.7 Å². The SMILES string of the molecule is NNc1ncc([N+](=O)[O-])c(-n2cc(I)cn2)n1. The Morgan fingerprint density at radius 3 is 2.82 bits per heavy atom. The van der Waals surface area contributed by atoms with E-state index in [1.807, 2.05) is 22.6 Å². The molecule has 0 atom stereocenters. The fraction of sp³-hybridized carbons (Fsp3) is 0. The summed E-state index contributed by atoms with van der Waals surface area (Å²) in [6.45, 7) is 0. The molecule has 2 aromatic heterocycles. The maximum absolute atomic E-state index is 10.8. The Kier molecular flexibility index (Phi) is 3.14. The lowest BCUT2D eigenvalue weighted by molar-refractivity contribution is -0.385. The molecule has 0 bridgehead atoms. The lowest BCUT2D eigenvalue weighted by Gasteiger charge is -2.03. The molecule has 0 radical (unpaired) electrons. The number of halogens is 1. The predicted octanol–water partition coefficient (Wildman–Crippen LogP) is 0.461. The Labute approximate surface area is 108 Å². The Hall–Kier alpha value is -1.82. The van der Waals surface area contributed by atoms with Crippen LogP contribution < -0.4 is 11.3 Å². The Bertz CT molecular complexity index is 569. The molecule has 0 saturated heterocycles. The molecule has 0 aromatic carbocycles. The number of nitrogen functional groups attached to an aromatic ring is 1. The van der Waals surface area contributed by atoms with E-state index in [1.54, 1.807) is 12.4 Å². The van der Waals surface area contributed by atoms with Crippen LogP contribution in [0.25, 0.3) is 5.82 Å². The van der Waals surface area contributed by atoms with E-state index in [-0.39, 0.29) is 17.5 Å². The van der Waals surface area contributed by atoms with E-state index in [1.165, 1.54) is 4.68 Å². The number of aromatic nitrogens is 4. The number of rotatable bonds is 3. The maximum atomic E-state index is 10.8. The molecule has 0 aliphatic carbocycles. The zero-order valence-electron chi connectivity index (χ0n) is 8.24. The van der Waals surface area contributed by atoms with E-state index >= 15 is 0 Å². The number of nitro groups is 1. The zero-order chi connectivity index (χ0) is 12.4. The molecule has 88 valence electrons. The highest BCUT2D eigenvalue weighted by molar-refractivity contribution is 14.1. The van der Waals surface area contributed by atoms with Crippen LogP contribution in [-0.4, -0.2) is 24.7 Å². The van der Waals surface area contributed by atoms with Crippen molar-refractivity contribution in [2.75, 3.05) is 5.43 Å². The molecule has 0 amide bonds. The van der Waals surface area contributed by atoms with Gasteiger partial charge < -0.3 is 0 Å². The van der Waals surface area contributed by atoms with Crippen LogP contribution in [-0.2, 0) is 0 Å². The van der Waals surface area contributed by atoms with Crippen molar-refractivity contribution in [2.45, 2.75) is 0 Å². The summed E-state index contributed by atoms with van der Waals surface area (Å²) < 4.78 is 2.13. The summed E-state index contributed by atoms with van der Waals surface area (Å²) in [6.07, 6.45) is 4.24. The largest absolute Gasteiger partial charge is 0.332 e. The van der Waals surface area contributed by atoms with Gasteiger partial charge in [-0.1, -0.05) is 0 Å². The second kappa shape index (κ2) is 4.58. The zero-order valence-corrected chi connectivity index (χ0v) is 10.4. The minimum atomic E-state index is -0.579. The normalized spacial score (nSPS) is 10.2. The molecule has 3 N–H and O–H groups in total. The number of hydrazine groups is 1. The summed E-state index contributed by atoms with van der Waals surface area (Å²) in [6, 6.07) is 0. The second-order valence-electron chi connectivity index (χ2n) is 2.91. The summed E-state index contributed by atoms with van der Waals surface area (Å²) >= 11 is 2.04. The van der Waals surface area contributed by atoms with Crippen LogP contribution in [0.1, 0.15) is 0 Å². The molecule has 0 fully saturated rings. The molecule has 0 aliphatic rings. The molecule has 2 aromatic rings. The molecule has 0 spiro atoms. The molecular formula is C7H6IN7O2. The molecule has 0 aliphatic heterocycles. The highest BCUT2D eigenvalue weighted by atomic mass is 127. The third-order valence-electron chi connectivity index (χ3n) is 1.84. The van der Waals surface area contributed by atoms with E-state index < -0.39 is 4.92 Å². The van der Waals surface area contributed by atoms with Crippen molar-refractivity contribution in [1.82, 2.24) is 19.7 Å². The van der Waals surface area contributed by atoms with Gasteiger partial charge in [-0.3, -0.25) is 15.5 Å². The van der Waals surface area contributed by atoms with Crippen LogP contribution in [0.5, 0.6) is 0 Å². The van der Waals surface area contributed by atoms with Crippen molar-refractivity contribution < 1.29 is 4.92 Å². The highest BCUT2D eigenvalue weighted by Crippen LogP contribution is 2.20. The van der Waals surface area contributed by atoms with Gasteiger partial charge >= 0.3 is 5.69 Å². The predicted molar refractivity (Wildman–Crippen MR) is 66.3 cm³/mol. The number of anilines is 1. The van der Waals surface area contributed by atoms with Crippen molar-refractivity contribution in [2.24, 2.45) is 5.84 Å². The first-order valence-corrected chi connectivity index (χ1v) is 5.38. The van der Waals surface area contributed by atoms with Gasteiger partial charge in [-0.25, -0.2) is 15.5 Å². The van der Waals surface area contributed by atoms with E-state index in [4.69, 9.17) is 5.84 Å². The topological polar surface area (TPSA) is 125 Å². The van der Waals surface area contributed by atoms with Gasteiger partial charge in [-0.15, -0.1) is 0 Å². The van der Waals surface area contributed by atoms with E-state index in [0.717, 1.165) is 9.77 Å². The minimum Gasteiger partial charge on any atom is -0.292 e. The number of nitrogens with two attached hydrogens (primary N) is 1. The third-order valence-corrected chi connectivity index (χ3v) is 2.40. The van der Waals surface area contributed by atoms with E-state index in [9.17, 15) is 10.1 Å². The van der Waals surface area contributed by atoms with Crippen LogP contribution in [0.3, 0.4) is 0 Å². The van der Waals surface area contributed by atoms with Gasteiger partial charge in [0, 0.05) is 6.20 Å². The highest BCUT2D eigenvalue weighted by Gasteiger charge is 2.19. The molecule has 0 saturated carbocycles. The van der Waals surface area contributed by atoms with Gasteiger partial charge in [0.05, 0.1) is 14.7 Å². The summed E-state index contributed by atoms with van der Waals surface area (Å²) in [5.41, 5.74) is 1.98. The summed E-state index contributed by atoms with van der Waals surface area (Å²) in [5, 5.41) is 14.8. The first kappa shape index (κ1) is 11.7. The smallest absolute Gasteiger partial charge is 0.292 e. The molecule has 17 heavy (non-hydrogen) atoms. The van der Waals surface area contributed by atoms with Crippen LogP contribution >= 0.6 is 22.6 Å². The van der Waals surface area contributed by atoms with Gasteiger partial charge in [-0.2, -0.15) is 10.1 Å². The van der Waals surface area contributed by atoms with Gasteiger partial charge in [0.2, 0.25) is 11.8 Å². The van der Waals surface area contributed by atoms with Crippen LogP contribution in [0.15, 0.2) is 18.6 Å². The van der Waals surface area contributed by atoms with Crippen molar-refractivity contribution in [3.8, 4) is 5.82 Å². The molecule has 2 heterocycles. The summed E-state index contributed by atoms with van der Waals surface area (Å²) in [7, 11) is 0. The van der Waals surface area contributed by atoms with Crippen molar-refractivity contribution in [3.05, 3.63) is 32.3 Å². The third kappa shape index (κ3) is 2.31. The molecule has 2 rings (SSSR count). The van der Waals surface area contributed by atoms with Gasteiger partial charge in [0.25, 0.3) is 0 Å². The van der Waals surface area contributed by atoms with Gasteiger partial charge in [0.1, 0.15) is 6.20 Å². The standard InChI is InChI=1S/C7H6IN7O2/c8-4-1-11-14(3-4)6-5(15(16)17)2-10-7(12-6)13-9/h1-3H,9H2,(H,10,12,13). The molecular weight excluding hydrogens is 341 g/mol. The fourth-order valence-corrected chi connectivity index (χ4v) is 1.54. The molecule has 0 unspecified atom stereocenters. The van der Waals surface area contributed by atoms with Gasteiger partial charge in [0.15, 0.2) is 0 Å². The lowest BCUT2D eigenvalue weighted by Crippen LogP contribution is -2.13. The quantitative estimate of drug-likeness (QED) is 0.358. The fourth-order valence-electron chi connectivity index (χ4n) is 1.15. The Balaban J connectivity index is 2.60. The monoisotopic (exact) mass is 347 g/mol. The summed E-state index contributed by atoms with van der Waals surface area (Å²) in [4.78, 5) is 17.8. The first-order valence-electron chi connectivity index (χ1n) is 4.30. The average Bonchev–Trinajstić information content (AvgIpc) is 2.75. The number of hydrogen-bond donors (Lipinski definition) is 2. The number of nitrogens with zero attached hydrogens (tertiary/aromatic N) is 5. The Morgan fingerprint density at radius 2 is 2.29 bits per heavy atom. The lowest BCUT2D eigenvalue weighted by atomic mass is 10.5. The van der Waals surface area contributed by atoms with E-state index in [0.29, 0.717) is 0 Å². The van der Waals surface area contributed by atoms with Crippen molar-refractivity contribution >= 4 is 34.2 Å². The minimum absolute atomic E-state index is 0.0564. The summed E-state index contributed by atoms with van der Waals surface area (Å²) in [5.74, 6) is 5.29. The molecule has 10 heteroatoms. The van der Waals surface area contributed by atoms with Crippen molar-refractivity contribution in [3.63, 3.8) is 0 Å². The first-order chi connectivity index (χ1) is 8.11.